The molecule has 1 aliphatic heterocycles. The molecular formula is C17H22F3NO3. The first kappa shape index (κ1) is 18.6. The lowest BCUT2D eigenvalue weighted by atomic mass is 9.97. The Labute approximate surface area is 139 Å². The highest BCUT2D eigenvalue weighted by atomic mass is 19.4. The second kappa shape index (κ2) is 8.37. The number of rotatable bonds is 6. The highest BCUT2D eigenvalue weighted by Gasteiger charge is 2.28. The smallest absolute Gasteiger partial charge is 0.422 e. The molecule has 0 saturated carbocycles. The Morgan fingerprint density at radius 3 is 2.54 bits per heavy atom. The van der Waals surface area contributed by atoms with Gasteiger partial charge in [0, 0.05) is 13.0 Å². The van der Waals surface area contributed by atoms with Gasteiger partial charge in [0.2, 0.25) is 0 Å². The monoisotopic (exact) mass is 345 g/mol. The number of nitrogens with zero attached hydrogens (tertiary/aromatic N) is 1. The van der Waals surface area contributed by atoms with E-state index in [1.807, 2.05) is 0 Å². The molecule has 4 nitrogen and oxygen atoms in total. The molecule has 1 aliphatic rings. The van der Waals surface area contributed by atoms with Gasteiger partial charge < -0.3 is 9.84 Å². The van der Waals surface area contributed by atoms with Gasteiger partial charge in [-0.2, -0.15) is 13.2 Å². The summed E-state index contributed by atoms with van der Waals surface area (Å²) in [6.45, 7) is 1.16. The van der Waals surface area contributed by atoms with Crippen LogP contribution in [0.2, 0.25) is 0 Å². The van der Waals surface area contributed by atoms with Crippen molar-refractivity contribution in [1.82, 2.24) is 4.90 Å². The van der Waals surface area contributed by atoms with Crippen molar-refractivity contribution in [2.45, 2.75) is 38.4 Å². The topological polar surface area (TPSA) is 49.8 Å². The zero-order valence-electron chi connectivity index (χ0n) is 13.4. The average Bonchev–Trinajstić information content (AvgIpc) is 2.71. The van der Waals surface area contributed by atoms with E-state index in [4.69, 9.17) is 9.84 Å². The third kappa shape index (κ3) is 6.78. The molecule has 1 saturated heterocycles. The second-order valence-electron chi connectivity index (χ2n) is 6.22. The van der Waals surface area contributed by atoms with E-state index >= 15 is 0 Å². The van der Waals surface area contributed by atoms with E-state index in [-0.39, 0.29) is 18.1 Å². The van der Waals surface area contributed by atoms with Crippen LogP contribution in [0.15, 0.2) is 24.3 Å². The summed E-state index contributed by atoms with van der Waals surface area (Å²) in [6, 6.07) is 6.63. The lowest BCUT2D eigenvalue weighted by Gasteiger charge is -2.20. The fourth-order valence-electron chi connectivity index (χ4n) is 2.95. The van der Waals surface area contributed by atoms with Crippen molar-refractivity contribution >= 4 is 5.97 Å². The Morgan fingerprint density at radius 1 is 1.21 bits per heavy atom. The zero-order valence-corrected chi connectivity index (χ0v) is 13.4. The van der Waals surface area contributed by atoms with Crippen LogP contribution in [-0.4, -0.2) is 41.8 Å². The summed E-state index contributed by atoms with van der Waals surface area (Å²) in [7, 11) is 0. The van der Waals surface area contributed by atoms with Crippen molar-refractivity contribution in [2.75, 3.05) is 19.7 Å². The molecule has 0 unspecified atom stereocenters. The number of likely N-dealkylation sites (tertiary alicyclic amines) is 1. The summed E-state index contributed by atoms with van der Waals surface area (Å²) in [5.74, 6) is -0.318. The molecule has 0 bridgehead atoms. The maximum atomic E-state index is 12.1. The van der Waals surface area contributed by atoms with Crippen LogP contribution >= 0.6 is 0 Å². The van der Waals surface area contributed by atoms with Crippen LogP contribution in [0.5, 0.6) is 5.75 Å². The highest BCUT2D eigenvalue weighted by molar-refractivity contribution is 5.67. The van der Waals surface area contributed by atoms with E-state index in [1.54, 1.807) is 24.3 Å². The Bertz CT molecular complexity index is 531. The number of halogens is 3. The molecule has 7 heteroatoms. The van der Waals surface area contributed by atoms with Crippen molar-refractivity contribution in [3.8, 4) is 5.75 Å². The Balaban J connectivity index is 1.82. The number of carbonyl (C=O) groups is 1. The third-order valence-corrected chi connectivity index (χ3v) is 4.14. The summed E-state index contributed by atoms with van der Waals surface area (Å²) < 4.78 is 41.0. The van der Waals surface area contributed by atoms with Crippen LogP contribution in [0.3, 0.4) is 0 Å². The number of benzene rings is 1. The molecule has 0 aromatic heterocycles. The molecule has 1 aromatic rings. The van der Waals surface area contributed by atoms with Crippen molar-refractivity contribution < 1.29 is 27.8 Å². The summed E-state index contributed by atoms with van der Waals surface area (Å²) in [5, 5.41) is 8.88. The van der Waals surface area contributed by atoms with Crippen LogP contribution in [0.1, 0.15) is 31.2 Å². The molecule has 0 spiro atoms. The van der Waals surface area contributed by atoms with Crippen molar-refractivity contribution in [3.63, 3.8) is 0 Å². The van der Waals surface area contributed by atoms with Crippen LogP contribution in [-0.2, 0) is 11.3 Å². The number of carboxylic acids is 1. The van der Waals surface area contributed by atoms with E-state index in [9.17, 15) is 18.0 Å². The Kier molecular flexibility index (Phi) is 6.48. The molecule has 0 aliphatic carbocycles. The minimum absolute atomic E-state index is 0.202. The third-order valence-electron chi connectivity index (χ3n) is 4.14. The minimum Gasteiger partial charge on any atom is -0.484 e. The standard InChI is InChI=1S/C17H22F3NO3/c18-17(19,20)12-24-15-5-3-14(4-6-15)11-21-8-1-2-13(7-9-21)10-16(22)23/h3-6,13H,1-2,7-12H2,(H,22,23)/t13-/m0/s1. The summed E-state index contributed by atoms with van der Waals surface area (Å²) in [5.41, 5.74) is 1.01. The predicted molar refractivity (Wildman–Crippen MR) is 82.9 cm³/mol. The van der Waals surface area contributed by atoms with E-state index in [2.05, 4.69) is 4.90 Å². The lowest BCUT2D eigenvalue weighted by Crippen LogP contribution is -2.24. The van der Waals surface area contributed by atoms with Crippen LogP contribution in [0.25, 0.3) is 0 Å². The van der Waals surface area contributed by atoms with Gasteiger partial charge in [-0.05, 0) is 56.0 Å². The second-order valence-corrected chi connectivity index (χ2v) is 6.22. The maximum absolute atomic E-state index is 12.1. The Hall–Kier alpha value is -1.76. The largest absolute Gasteiger partial charge is 0.484 e. The number of carboxylic acid groups (broad SMARTS) is 1. The van der Waals surface area contributed by atoms with Crippen molar-refractivity contribution in [2.24, 2.45) is 5.92 Å². The fraction of sp³-hybridized carbons (Fsp3) is 0.588. The van der Waals surface area contributed by atoms with Gasteiger partial charge in [0.1, 0.15) is 5.75 Å². The van der Waals surface area contributed by atoms with Gasteiger partial charge >= 0.3 is 12.1 Å². The Morgan fingerprint density at radius 2 is 1.92 bits per heavy atom. The molecule has 1 aromatic carbocycles. The normalized spacial score (nSPS) is 19.7. The van der Waals surface area contributed by atoms with Gasteiger partial charge in [0.05, 0.1) is 0 Å². The quantitative estimate of drug-likeness (QED) is 0.854. The number of aliphatic carboxylic acids is 1. The molecule has 0 amide bonds. The molecule has 134 valence electrons. The van der Waals surface area contributed by atoms with Crippen molar-refractivity contribution in [1.29, 1.82) is 0 Å². The van der Waals surface area contributed by atoms with Crippen molar-refractivity contribution in [3.05, 3.63) is 29.8 Å². The van der Waals surface area contributed by atoms with Gasteiger partial charge in [0.25, 0.3) is 0 Å². The summed E-state index contributed by atoms with van der Waals surface area (Å²) in [6.07, 6.45) is -1.37. The van der Waals surface area contributed by atoms with E-state index in [0.29, 0.717) is 6.54 Å². The maximum Gasteiger partial charge on any atom is 0.422 e. The van der Waals surface area contributed by atoms with E-state index in [1.165, 1.54) is 0 Å². The molecule has 0 radical (unpaired) electrons. The van der Waals surface area contributed by atoms with Crippen LogP contribution in [0, 0.1) is 5.92 Å². The van der Waals surface area contributed by atoms with Gasteiger partial charge in [-0.15, -0.1) is 0 Å². The van der Waals surface area contributed by atoms with E-state index < -0.39 is 18.8 Å². The number of ether oxygens (including phenoxy) is 1. The highest BCUT2D eigenvalue weighted by Crippen LogP contribution is 2.23. The van der Waals surface area contributed by atoms with Crippen LogP contribution < -0.4 is 4.74 Å². The number of alkyl halides is 3. The van der Waals surface area contributed by atoms with Gasteiger partial charge in [-0.1, -0.05) is 12.1 Å². The minimum atomic E-state index is -4.34. The van der Waals surface area contributed by atoms with Crippen LogP contribution in [0.4, 0.5) is 13.2 Å². The molecule has 2 rings (SSSR count). The molecule has 1 N–H and O–H groups in total. The zero-order chi connectivity index (χ0) is 17.6. The molecule has 1 heterocycles. The first-order chi connectivity index (χ1) is 11.3. The number of hydrogen-bond acceptors (Lipinski definition) is 3. The summed E-state index contributed by atoms with van der Waals surface area (Å²) >= 11 is 0. The molecular weight excluding hydrogens is 323 g/mol. The molecule has 1 fully saturated rings. The number of hydrogen-bond donors (Lipinski definition) is 1. The summed E-state index contributed by atoms with van der Waals surface area (Å²) in [4.78, 5) is 13.1. The predicted octanol–water partition coefficient (Wildman–Crippen LogP) is 3.70. The first-order valence-electron chi connectivity index (χ1n) is 8.04. The first-order valence-corrected chi connectivity index (χ1v) is 8.04. The molecule has 24 heavy (non-hydrogen) atoms. The van der Waals surface area contributed by atoms with Gasteiger partial charge in [-0.3, -0.25) is 9.69 Å². The molecule has 1 atom stereocenters. The van der Waals surface area contributed by atoms with E-state index in [0.717, 1.165) is 37.9 Å². The fourth-order valence-corrected chi connectivity index (χ4v) is 2.95. The van der Waals surface area contributed by atoms with Gasteiger partial charge in [-0.25, -0.2) is 0 Å². The SMILES string of the molecule is O=C(O)C[C@H]1CCCN(Cc2ccc(OCC(F)(F)F)cc2)CC1. The van der Waals surface area contributed by atoms with Gasteiger partial charge in [0.15, 0.2) is 6.61 Å². The average molecular weight is 345 g/mol. The lowest BCUT2D eigenvalue weighted by molar-refractivity contribution is -0.153.